The monoisotopic (exact) mass is 263 g/mol. The van der Waals surface area contributed by atoms with Crippen molar-refractivity contribution >= 4 is 17.0 Å². The highest BCUT2D eigenvalue weighted by Crippen LogP contribution is 2.20. The SMILES string of the molecule is CCCn1nc(C)c2c(C)cc(=O)n(CC(=O)O)c21. The summed E-state index contributed by atoms with van der Waals surface area (Å²) in [5.74, 6) is -1.03. The lowest BCUT2D eigenvalue weighted by Gasteiger charge is -2.09. The lowest BCUT2D eigenvalue weighted by Crippen LogP contribution is -2.25. The summed E-state index contributed by atoms with van der Waals surface area (Å²) in [5.41, 5.74) is 1.96. The van der Waals surface area contributed by atoms with E-state index in [2.05, 4.69) is 5.10 Å². The molecular weight excluding hydrogens is 246 g/mol. The molecule has 0 saturated heterocycles. The molecule has 102 valence electrons. The molecule has 19 heavy (non-hydrogen) atoms. The van der Waals surface area contributed by atoms with E-state index in [4.69, 9.17) is 5.11 Å². The largest absolute Gasteiger partial charge is 0.480 e. The van der Waals surface area contributed by atoms with Gasteiger partial charge < -0.3 is 5.11 Å². The summed E-state index contributed by atoms with van der Waals surface area (Å²) in [6.45, 7) is 6.05. The van der Waals surface area contributed by atoms with E-state index in [1.54, 1.807) is 4.68 Å². The number of rotatable bonds is 4. The number of hydrogen-bond acceptors (Lipinski definition) is 3. The van der Waals surface area contributed by atoms with E-state index >= 15 is 0 Å². The third-order valence-electron chi connectivity index (χ3n) is 3.09. The number of aryl methyl sites for hydroxylation is 3. The van der Waals surface area contributed by atoms with Crippen molar-refractivity contribution in [1.29, 1.82) is 0 Å². The number of carboxylic acid groups (broad SMARTS) is 1. The Bertz CT molecular complexity index is 697. The lowest BCUT2D eigenvalue weighted by molar-refractivity contribution is -0.137. The number of aromatic nitrogens is 3. The average molecular weight is 263 g/mol. The Morgan fingerprint density at radius 1 is 1.42 bits per heavy atom. The first-order valence-corrected chi connectivity index (χ1v) is 6.25. The number of fused-ring (bicyclic) bond motifs is 1. The van der Waals surface area contributed by atoms with Gasteiger partial charge in [-0.05, 0) is 25.8 Å². The van der Waals surface area contributed by atoms with Crippen molar-refractivity contribution in [2.45, 2.75) is 40.3 Å². The van der Waals surface area contributed by atoms with Crippen LogP contribution in [0.2, 0.25) is 0 Å². The van der Waals surface area contributed by atoms with Crippen LogP contribution in [0.5, 0.6) is 0 Å². The predicted molar refractivity (Wildman–Crippen MR) is 71.4 cm³/mol. The van der Waals surface area contributed by atoms with Crippen LogP contribution >= 0.6 is 0 Å². The first-order chi connectivity index (χ1) is 8.95. The zero-order chi connectivity index (χ0) is 14.2. The number of carboxylic acids is 1. The number of hydrogen-bond donors (Lipinski definition) is 1. The minimum absolute atomic E-state index is 0.301. The molecular formula is C13H17N3O3. The molecule has 0 radical (unpaired) electrons. The lowest BCUT2D eigenvalue weighted by atomic mass is 10.1. The summed E-state index contributed by atoms with van der Waals surface area (Å²) in [6, 6.07) is 1.47. The van der Waals surface area contributed by atoms with E-state index in [0.717, 1.165) is 23.1 Å². The van der Waals surface area contributed by atoms with Crippen LogP contribution in [0, 0.1) is 13.8 Å². The van der Waals surface area contributed by atoms with Gasteiger partial charge in [-0.1, -0.05) is 6.92 Å². The third-order valence-corrected chi connectivity index (χ3v) is 3.09. The van der Waals surface area contributed by atoms with E-state index in [9.17, 15) is 9.59 Å². The standard InChI is InChI=1S/C13H17N3O3/c1-4-5-16-13-12(9(3)14-16)8(2)6-10(17)15(13)7-11(18)19/h6H,4-5,7H2,1-3H3,(H,18,19). The zero-order valence-electron chi connectivity index (χ0n) is 11.3. The van der Waals surface area contributed by atoms with Crippen LogP contribution in [0.1, 0.15) is 24.6 Å². The van der Waals surface area contributed by atoms with E-state index in [1.807, 2.05) is 20.8 Å². The molecule has 0 aliphatic rings. The van der Waals surface area contributed by atoms with Gasteiger partial charge in [0.15, 0.2) is 0 Å². The van der Waals surface area contributed by atoms with Gasteiger partial charge in [-0.3, -0.25) is 14.2 Å². The van der Waals surface area contributed by atoms with E-state index in [-0.39, 0.29) is 12.1 Å². The second kappa shape index (κ2) is 4.87. The van der Waals surface area contributed by atoms with Crippen molar-refractivity contribution in [2.24, 2.45) is 0 Å². The minimum atomic E-state index is -1.03. The van der Waals surface area contributed by atoms with Crippen molar-refractivity contribution in [2.75, 3.05) is 0 Å². The molecule has 0 bridgehead atoms. The van der Waals surface area contributed by atoms with Crippen LogP contribution in [-0.4, -0.2) is 25.4 Å². The van der Waals surface area contributed by atoms with Crippen molar-refractivity contribution in [1.82, 2.24) is 14.3 Å². The Hall–Kier alpha value is -2.11. The first kappa shape index (κ1) is 13.3. The molecule has 0 aromatic carbocycles. The van der Waals surface area contributed by atoms with E-state index in [0.29, 0.717) is 12.2 Å². The van der Waals surface area contributed by atoms with Gasteiger partial charge in [0.2, 0.25) is 0 Å². The molecule has 0 fully saturated rings. The summed E-state index contributed by atoms with van der Waals surface area (Å²) in [6.07, 6.45) is 0.866. The Labute approximate surface area is 110 Å². The highest BCUT2D eigenvalue weighted by molar-refractivity contribution is 5.83. The molecule has 0 aliphatic heterocycles. The molecule has 0 aliphatic carbocycles. The van der Waals surface area contributed by atoms with Crippen molar-refractivity contribution in [3.05, 3.63) is 27.7 Å². The quantitative estimate of drug-likeness (QED) is 0.902. The van der Waals surface area contributed by atoms with Gasteiger partial charge in [-0.15, -0.1) is 0 Å². The predicted octanol–water partition coefficient (Wildman–Crippen LogP) is 1.31. The molecule has 2 rings (SSSR count). The molecule has 2 aromatic heterocycles. The summed E-state index contributed by atoms with van der Waals surface area (Å²) >= 11 is 0. The van der Waals surface area contributed by atoms with Crippen LogP contribution in [0.3, 0.4) is 0 Å². The molecule has 0 unspecified atom stereocenters. The van der Waals surface area contributed by atoms with Gasteiger partial charge in [0, 0.05) is 18.0 Å². The summed E-state index contributed by atoms with van der Waals surface area (Å²) in [4.78, 5) is 22.9. The van der Waals surface area contributed by atoms with Crippen LogP contribution in [0.15, 0.2) is 10.9 Å². The molecule has 0 spiro atoms. The molecule has 6 nitrogen and oxygen atoms in total. The maximum Gasteiger partial charge on any atom is 0.323 e. The molecule has 2 heterocycles. The summed E-state index contributed by atoms with van der Waals surface area (Å²) < 4.78 is 3.00. The Kier molecular flexibility index (Phi) is 3.42. The molecule has 0 saturated carbocycles. The topological polar surface area (TPSA) is 77.1 Å². The maximum absolute atomic E-state index is 12.0. The second-order valence-corrected chi connectivity index (χ2v) is 4.65. The second-order valence-electron chi connectivity index (χ2n) is 4.65. The minimum Gasteiger partial charge on any atom is -0.480 e. The normalized spacial score (nSPS) is 11.1. The fraction of sp³-hybridized carbons (Fsp3) is 0.462. The Morgan fingerprint density at radius 2 is 2.11 bits per heavy atom. The molecule has 0 atom stereocenters. The van der Waals surface area contributed by atoms with E-state index < -0.39 is 5.97 Å². The zero-order valence-corrected chi connectivity index (χ0v) is 11.3. The summed E-state index contributed by atoms with van der Waals surface area (Å²) in [5, 5.41) is 14.2. The van der Waals surface area contributed by atoms with Gasteiger partial charge >= 0.3 is 5.97 Å². The smallest absolute Gasteiger partial charge is 0.323 e. The third kappa shape index (κ3) is 2.25. The van der Waals surface area contributed by atoms with Gasteiger partial charge in [0.05, 0.1) is 5.69 Å². The average Bonchev–Trinajstić information content (AvgIpc) is 2.62. The van der Waals surface area contributed by atoms with Crippen molar-refractivity contribution in [3.63, 3.8) is 0 Å². The Balaban J connectivity index is 2.85. The van der Waals surface area contributed by atoms with E-state index in [1.165, 1.54) is 10.6 Å². The fourth-order valence-electron chi connectivity index (χ4n) is 2.40. The highest BCUT2D eigenvalue weighted by atomic mass is 16.4. The number of aliphatic carboxylic acids is 1. The van der Waals surface area contributed by atoms with Gasteiger partial charge in [-0.2, -0.15) is 5.10 Å². The highest BCUT2D eigenvalue weighted by Gasteiger charge is 2.16. The van der Waals surface area contributed by atoms with Gasteiger partial charge in [0.1, 0.15) is 12.2 Å². The number of carbonyl (C=O) groups is 1. The van der Waals surface area contributed by atoms with Gasteiger partial charge in [-0.25, -0.2) is 4.68 Å². The fourth-order valence-corrected chi connectivity index (χ4v) is 2.40. The van der Waals surface area contributed by atoms with Crippen LogP contribution in [0.4, 0.5) is 0 Å². The first-order valence-electron chi connectivity index (χ1n) is 6.25. The molecule has 2 aromatic rings. The number of pyridine rings is 1. The van der Waals surface area contributed by atoms with Crippen LogP contribution in [-0.2, 0) is 17.9 Å². The molecule has 1 N–H and O–H groups in total. The van der Waals surface area contributed by atoms with Gasteiger partial charge in [0.25, 0.3) is 5.56 Å². The van der Waals surface area contributed by atoms with Crippen LogP contribution in [0.25, 0.3) is 11.0 Å². The van der Waals surface area contributed by atoms with Crippen LogP contribution < -0.4 is 5.56 Å². The van der Waals surface area contributed by atoms with Crippen molar-refractivity contribution < 1.29 is 9.90 Å². The Morgan fingerprint density at radius 3 is 2.68 bits per heavy atom. The molecule has 6 heteroatoms. The van der Waals surface area contributed by atoms with Crippen molar-refractivity contribution in [3.8, 4) is 0 Å². The number of nitrogens with zero attached hydrogens (tertiary/aromatic N) is 3. The molecule has 0 amide bonds. The maximum atomic E-state index is 12.0. The summed E-state index contributed by atoms with van der Waals surface area (Å²) in [7, 11) is 0.